The van der Waals surface area contributed by atoms with E-state index in [4.69, 9.17) is 27.6 Å². The minimum atomic E-state index is -0.451. The SMILES string of the molecule is C=C(SNC(=O)Nc1ccc(-c2coc3ccccc3c2=O)c(Cl)c1)S/C(Cl)=C\C. The lowest BCUT2D eigenvalue weighted by Gasteiger charge is -2.10. The van der Waals surface area contributed by atoms with Crippen molar-refractivity contribution in [3.8, 4) is 11.1 Å². The van der Waals surface area contributed by atoms with Crippen LogP contribution in [0.5, 0.6) is 0 Å². The Labute approximate surface area is 191 Å². The van der Waals surface area contributed by atoms with Crippen molar-refractivity contribution in [2.45, 2.75) is 6.92 Å². The van der Waals surface area contributed by atoms with E-state index in [-0.39, 0.29) is 5.43 Å². The van der Waals surface area contributed by atoms with Crippen molar-refractivity contribution < 1.29 is 9.21 Å². The Hall–Kier alpha value is -2.32. The summed E-state index contributed by atoms with van der Waals surface area (Å²) in [6.45, 7) is 5.62. The van der Waals surface area contributed by atoms with Gasteiger partial charge in [-0.1, -0.05) is 65.8 Å². The minimum Gasteiger partial charge on any atom is -0.463 e. The lowest BCUT2D eigenvalue weighted by atomic mass is 10.1. The lowest BCUT2D eigenvalue weighted by molar-refractivity contribution is 0.257. The predicted octanol–water partition coefficient (Wildman–Crippen LogP) is 7.19. The molecule has 0 aliphatic heterocycles. The molecule has 0 unspecified atom stereocenters. The van der Waals surface area contributed by atoms with Crippen LogP contribution >= 0.6 is 46.9 Å². The monoisotopic (exact) mass is 478 g/mol. The van der Waals surface area contributed by atoms with E-state index in [1.165, 1.54) is 18.0 Å². The molecule has 0 saturated carbocycles. The van der Waals surface area contributed by atoms with Gasteiger partial charge in [-0.15, -0.1) is 0 Å². The average molecular weight is 479 g/mol. The van der Waals surface area contributed by atoms with E-state index in [1.807, 2.05) is 6.92 Å². The number of allylic oxidation sites excluding steroid dienone is 1. The molecule has 0 aliphatic rings. The van der Waals surface area contributed by atoms with E-state index < -0.39 is 6.03 Å². The topological polar surface area (TPSA) is 71.3 Å². The van der Waals surface area contributed by atoms with Crippen LogP contribution in [0.2, 0.25) is 5.02 Å². The highest BCUT2D eigenvalue weighted by Crippen LogP contribution is 2.33. The second kappa shape index (κ2) is 10.1. The largest absolute Gasteiger partial charge is 0.463 e. The Bertz CT molecular complexity index is 1210. The number of carbonyl (C=O) groups is 1. The summed E-state index contributed by atoms with van der Waals surface area (Å²) in [4.78, 5) is 24.9. The summed E-state index contributed by atoms with van der Waals surface area (Å²) >= 11 is 14.6. The molecule has 0 spiro atoms. The Morgan fingerprint density at radius 1 is 1.20 bits per heavy atom. The summed E-state index contributed by atoms with van der Waals surface area (Å²) in [6, 6.07) is 11.4. The van der Waals surface area contributed by atoms with E-state index in [0.717, 1.165) is 11.9 Å². The number of thioether (sulfide) groups is 1. The summed E-state index contributed by atoms with van der Waals surface area (Å²) in [5.41, 5.74) is 1.66. The van der Waals surface area contributed by atoms with Crippen molar-refractivity contribution in [2.75, 3.05) is 5.32 Å². The second-order valence-electron chi connectivity index (χ2n) is 5.89. The number of hydrogen-bond acceptors (Lipinski definition) is 5. The van der Waals surface area contributed by atoms with Gasteiger partial charge in [-0.25, -0.2) is 4.79 Å². The first-order valence-corrected chi connectivity index (χ1v) is 11.0. The van der Waals surface area contributed by atoms with Gasteiger partial charge in [0, 0.05) is 11.3 Å². The van der Waals surface area contributed by atoms with E-state index >= 15 is 0 Å². The van der Waals surface area contributed by atoms with Crippen LogP contribution in [0.4, 0.5) is 10.5 Å². The molecule has 0 aliphatic carbocycles. The number of hydrogen-bond donors (Lipinski definition) is 2. The van der Waals surface area contributed by atoms with Crippen LogP contribution in [0.3, 0.4) is 0 Å². The zero-order valence-electron chi connectivity index (χ0n) is 15.7. The number of rotatable bonds is 6. The van der Waals surface area contributed by atoms with Gasteiger partial charge in [0.25, 0.3) is 0 Å². The molecule has 0 atom stereocenters. The van der Waals surface area contributed by atoms with Gasteiger partial charge >= 0.3 is 6.03 Å². The summed E-state index contributed by atoms with van der Waals surface area (Å²) in [6.07, 6.45) is 3.12. The van der Waals surface area contributed by atoms with Gasteiger partial charge in [-0.05, 0) is 43.1 Å². The second-order valence-corrected chi connectivity index (χ2v) is 9.23. The van der Waals surface area contributed by atoms with Crippen molar-refractivity contribution in [3.05, 3.63) is 85.2 Å². The molecule has 0 saturated heterocycles. The van der Waals surface area contributed by atoms with E-state index in [2.05, 4.69) is 16.6 Å². The molecule has 154 valence electrons. The molecule has 9 heteroatoms. The molecule has 30 heavy (non-hydrogen) atoms. The number of amides is 2. The number of anilines is 1. The number of carbonyl (C=O) groups excluding carboxylic acids is 1. The molecule has 2 aromatic carbocycles. The molecular formula is C21H16Cl2N2O3S2. The maximum absolute atomic E-state index is 12.8. The molecule has 2 amide bonds. The first-order valence-electron chi connectivity index (χ1n) is 8.62. The van der Waals surface area contributed by atoms with Gasteiger partial charge in [0.15, 0.2) is 0 Å². The van der Waals surface area contributed by atoms with Crippen molar-refractivity contribution in [3.63, 3.8) is 0 Å². The molecule has 0 fully saturated rings. The third-order valence-corrected chi connectivity index (χ3v) is 6.33. The molecule has 3 aromatic rings. The van der Waals surface area contributed by atoms with Crippen molar-refractivity contribution in [1.82, 2.24) is 4.72 Å². The number of benzene rings is 2. The molecule has 3 rings (SSSR count). The average Bonchev–Trinajstić information content (AvgIpc) is 2.73. The fourth-order valence-corrected chi connectivity index (χ4v) is 4.38. The van der Waals surface area contributed by atoms with Crippen LogP contribution in [0.15, 0.2) is 79.2 Å². The first kappa shape index (κ1) is 22.4. The summed E-state index contributed by atoms with van der Waals surface area (Å²) < 4.78 is 9.34. The fourth-order valence-electron chi connectivity index (χ4n) is 2.52. The van der Waals surface area contributed by atoms with Crippen LogP contribution in [0.1, 0.15) is 6.92 Å². The maximum Gasteiger partial charge on any atom is 0.329 e. The third kappa shape index (κ3) is 5.43. The van der Waals surface area contributed by atoms with Crippen LogP contribution in [-0.2, 0) is 0 Å². The van der Waals surface area contributed by atoms with Crippen LogP contribution in [0, 0.1) is 0 Å². The first-order chi connectivity index (χ1) is 14.4. The highest BCUT2D eigenvalue weighted by Gasteiger charge is 2.13. The van der Waals surface area contributed by atoms with Crippen molar-refractivity contribution in [1.29, 1.82) is 0 Å². The number of halogens is 2. The molecular weight excluding hydrogens is 463 g/mol. The Morgan fingerprint density at radius 2 is 1.97 bits per heavy atom. The Kier molecular flexibility index (Phi) is 7.55. The molecule has 0 radical (unpaired) electrons. The standard InChI is InChI=1S/C21H16Cl2N2O3S2/c1-3-19(23)29-12(2)30-25-21(27)24-13-8-9-14(17(22)10-13)16-11-28-18-7-5-4-6-15(18)20(16)26/h3-11H,2H2,1H3,(H2,24,25,27)/b19-3-. The smallest absolute Gasteiger partial charge is 0.329 e. The number of nitrogens with one attached hydrogen (secondary N) is 2. The highest BCUT2D eigenvalue weighted by atomic mass is 35.5. The summed E-state index contributed by atoms with van der Waals surface area (Å²) in [5.74, 6) is 0. The zero-order valence-corrected chi connectivity index (χ0v) is 18.8. The maximum atomic E-state index is 12.8. The molecule has 1 heterocycles. The number of fused-ring (bicyclic) bond motifs is 1. The van der Waals surface area contributed by atoms with E-state index in [1.54, 1.807) is 48.5 Å². The number of urea groups is 1. The Morgan fingerprint density at radius 3 is 2.70 bits per heavy atom. The molecule has 5 nitrogen and oxygen atoms in total. The lowest BCUT2D eigenvalue weighted by Crippen LogP contribution is -2.22. The number of para-hydroxylation sites is 1. The fraction of sp³-hybridized carbons (Fsp3) is 0.0476. The zero-order chi connectivity index (χ0) is 21.7. The molecule has 2 N–H and O–H groups in total. The third-order valence-electron chi connectivity index (χ3n) is 3.89. The highest BCUT2D eigenvalue weighted by molar-refractivity contribution is 8.24. The van der Waals surface area contributed by atoms with E-state index in [0.29, 0.717) is 41.4 Å². The van der Waals surface area contributed by atoms with Crippen LogP contribution in [-0.4, -0.2) is 6.03 Å². The summed E-state index contributed by atoms with van der Waals surface area (Å²) in [5, 5.41) is 3.45. The summed E-state index contributed by atoms with van der Waals surface area (Å²) in [7, 11) is 0. The van der Waals surface area contributed by atoms with Gasteiger partial charge in [-0.2, -0.15) is 0 Å². The van der Waals surface area contributed by atoms with Crippen molar-refractivity contribution in [2.24, 2.45) is 0 Å². The predicted molar refractivity (Wildman–Crippen MR) is 129 cm³/mol. The van der Waals surface area contributed by atoms with Gasteiger partial charge in [0.2, 0.25) is 5.43 Å². The van der Waals surface area contributed by atoms with Gasteiger partial charge in [0.1, 0.15) is 11.8 Å². The van der Waals surface area contributed by atoms with Crippen LogP contribution in [0.25, 0.3) is 22.1 Å². The van der Waals surface area contributed by atoms with Crippen LogP contribution < -0.4 is 15.5 Å². The molecule has 1 aromatic heterocycles. The normalized spacial score (nSPS) is 11.4. The molecule has 0 bridgehead atoms. The van der Waals surface area contributed by atoms with Crippen molar-refractivity contribution >= 4 is 69.6 Å². The minimum absolute atomic E-state index is 0.176. The van der Waals surface area contributed by atoms with E-state index in [9.17, 15) is 9.59 Å². The quantitative estimate of drug-likeness (QED) is 0.366. The Balaban J connectivity index is 1.72. The van der Waals surface area contributed by atoms with Gasteiger partial charge in [0.05, 0.1) is 24.6 Å². The van der Waals surface area contributed by atoms with Gasteiger partial charge < -0.3 is 9.73 Å². The van der Waals surface area contributed by atoms with Gasteiger partial charge in [-0.3, -0.25) is 9.52 Å².